The summed E-state index contributed by atoms with van der Waals surface area (Å²) < 4.78 is 0. The van der Waals surface area contributed by atoms with E-state index in [0.29, 0.717) is 5.82 Å². The van der Waals surface area contributed by atoms with E-state index in [0.717, 1.165) is 37.9 Å². The quantitative estimate of drug-likeness (QED) is 0.135. The molecular formula is C50H51B16N3S. The zero-order valence-electron chi connectivity index (χ0n) is 44.2. The van der Waals surface area contributed by atoms with Crippen LogP contribution in [0.3, 0.4) is 0 Å². The molecule has 0 amide bonds. The van der Waals surface area contributed by atoms with E-state index in [4.69, 9.17) is 9.97 Å². The zero-order chi connectivity index (χ0) is 50.0. The lowest BCUT2D eigenvalue weighted by Crippen LogP contribution is -2.58. The zero-order valence-corrected chi connectivity index (χ0v) is 45.0. The smallest absolute Gasteiger partial charge is 0.161 e. The second-order valence-corrected chi connectivity index (χ2v) is 20.9. The first-order valence-corrected chi connectivity index (χ1v) is 25.6. The van der Waals surface area contributed by atoms with E-state index < -0.39 is 0 Å². The molecule has 20 heteroatoms. The van der Waals surface area contributed by atoms with Crippen molar-refractivity contribution in [3.8, 4) is 45.0 Å². The summed E-state index contributed by atoms with van der Waals surface area (Å²) in [5.41, 5.74) is 32.7. The fourth-order valence-corrected chi connectivity index (χ4v) is 12.2. The number of fused-ring (bicyclic) bond motifs is 1. The number of nitrogens with zero attached hydrogens (tertiary/aromatic N) is 3. The largest absolute Gasteiger partial charge is 0.314 e. The number of anilines is 3. The molecule has 0 atom stereocenters. The summed E-state index contributed by atoms with van der Waals surface area (Å²) in [6.45, 7) is 0. The highest BCUT2D eigenvalue weighted by Crippen LogP contribution is 2.39. The molecule has 0 fully saturated rings. The molecule has 0 unspecified atom stereocenters. The second-order valence-electron chi connectivity index (χ2n) is 19.8. The Morgan fingerprint density at radius 1 is 0.329 bits per heavy atom. The Labute approximate surface area is 434 Å². The van der Waals surface area contributed by atoms with Gasteiger partial charge >= 0.3 is 0 Å². The van der Waals surface area contributed by atoms with Crippen LogP contribution >= 0.6 is 11.8 Å². The van der Waals surface area contributed by atoms with E-state index in [1.807, 2.05) is 0 Å². The third-order valence-electron chi connectivity index (χ3n) is 16.3. The Hall–Kier alpha value is -5.71. The van der Waals surface area contributed by atoms with Crippen molar-refractivity contribution in [1.82, 2.24) is 9.97 Å². The van der Waals surface area contributed by atoms with Gasteiger partial charge in [-0.3, -0.25) is 0 Å². The topological polar surface area (TPSA) is 29.0 Å². The van der Waals surface area contributed by atoms with Crippen molar-refractivity contribution < 1.29 is 0 Å². The van der Waals surface area contributed by atoms with E-state index in [2.05, 4.69) is 246 Å². The van der Waals surface area contributed by atoms with Crippen LogP contribution in [0.25, 0.3) is 55.8 Å². The van der Waals surface area contributed by atoms with Crippen LogP contribution in [-0.4, -0.2) is 136 Å². The predicted octanol–water partition coefficient (Wildman–Crippen LogP) is -13.9. The molecule has 1 aromatic heterocycles. The molecule has 9 aromatic rings. The Kier molecular flexibility index (Phi) is 13.7. The van der Waals surface area contributed by atoms with Gasteiger partial charge in [0.05, 0.1) is 11.4 Å². The lowest BCUT2D eigenvalue weighted by Gasteiger charge is -2.39. The maximum Gasteiger partial charge on any atom is 0.161 e. The van der Waals surface area contributed by atoms with Crippen molar-refractivity contribution in [1.29, 1.82) is 0 Å². The number of hydrogen-bond acceptors (Lipinski definition) is 4. The Morgan fingerprint density at radius 3 is 1.19 bits per heavy atom. The van der Waals surface area contributed by atoms with Crippen molar-refractivity contribution >= 4 is 253 Å². The monoisotopic (exact) mass is 902 g/mol. The molecule has 0 N–H and O–H groups in total. The van der Waals surface area contributed by atoms with E-state index in [1.54, 1.807) is 11.8 Å². The van der Waals surface area contributed by atoms with Crippen molar-refractivity contribution in [3.05, 3.63) is 115 Å². The van der Waals surface area contributed by atoms with Gasteiger partial charge in [-0.15, -0.1) is 16.4 Å². The van der Waals surface area contributed by atoms with Crippen LogP contribution < -0.4 is 92.3 Å². The molecule has 9 rings (SSSR count). The summed E-state index contributed by atoms with van der Waals surface area (Å²) in [7, 11) is 37.3. The molecule has 1 heterocycles. The lowest BCUT2D eigenvalue weighted by molar-refractivity contribution is 1.17. The first-order chi connectivity index (χ1) is 33.4. The lowest BCUT2D eigenvalue weighted by atomic mass is 9.59. The molecule has 320 valence electrons. The summed E-state index contributed by atoms with van der Waals surface area (Å²) in [5, 5.41) is 2.79. The van der Waals surface area contributed by atoms with Crippen LogP contribution in [0.15, 0.2) is 125 Å². The average Bonchev–Trinajstić information content (AvgIpc) is 3.37. The van der Waals surface area contributed by atoms with Crippen LogP contribution in [0.2, 0.25) is 0 Å². The van der Waals surface area contributed by atoms with Gasteiger partial charge in [0.15, 0.2) is 5.82 Å². The van der Waals surface area contributed by atoms with Crippen LogP contribution in [0.5, 0.6) is 0 Å². The van der Waals surface area contributed by atoms with Gasteiger partial charge in [0.25, 0.3) is 0 Å². The summed E-state index contributed by atoms with van der Waals surface area (Å²) >= 11 is 1.77. The third-order valence-corrected chi connectivity index (χ3v) is 17.3. The highest BCUT2D eigenvalue weighted by Gasteiger charge is 2.30. The molecule has 0 bridgehead atoms. The third kappa shape index (κ3) is 8.36. The van der Waals surface area contributed by atoms with Gasteiger partial charge in [-0.2, -0.15) is 0 Å². The molecule has 70 heavy (non-hydrogen) atoms. The van der Waals surface area contributed by atoms with Gasteiger partial charge in [-0.25, -0.2) is 9.97 Å². The molecule has 0 radical (unpaired) electrons. The molecule has 3 nitrogen and oxygen atoms in total. The van der Waals surface area contributed by atoms with Crippen molar-refractivity contribution in [3.63, 3.8) is 0 Å². The van der Waals surface area contributed by atoms with Crippen LogP contribution in [0.4, 0.5) is 17.1 Å². The maximum atomic E-state index is 5.32. The van der Waals surface area contributed by atoms with E-state index in [-0.39, 0.29) is 0 Å². The minimum absolute atomic E-state index is 0.707. The first kappa shape index (κ1) is 49.3. The van der Waals surface area contributed by atoms with Gasteiger partial charge in [-0.1, -0.05) is 168 Å². The molecule has 0 aliphatic heterocycles. The van der Waals surface area contributed by atoms with Gasteiger partial charge in [-0.05, 0) is 52.2 Å². The minimum atomic E-state index is 0.707. The minimum Gasteiger partial charge on any atom is -0.314 e. The number of hydrogen-bond donors (Lipinski definition) is 0. The Bertz CT molecular complexity index is 3490. The molecule has 0 aliphatic rings. The van der Waals surface area contributed by atoms with Gasteiger partial charge in [0.1, 0.15) is 126 Å². The summed E-state index contributed by atoms with van der Waals surface area (Å²) in [6, 6.07) is 40.6. The van der Waals surface area contributed by atoms with E-state index in [9.17, 15) is 0 Å². The molecule has 0 saturated heterocycles. The molecular weight excluding hydrogens is 848 g/mol. The van der Waals surface area contributed by atoms with Gasteiger partial charge < -0.3 is 4.90 Å². The van der Waals surface area contributed by atoms with Crippen molar-refractivity contribution in [2.24, 2.45) is 0 Å². The van der Waals surface area contributed by atoms with Crippen LogP contribution in [0.1, 0.15) is 0 Å². The SMILES string of the molecule is Bc1c(B)c(B)c(N(c2c(B)c(B)c(-c3ccc(-c4nc(-c5ccccc5)cc(-c5ccccc5)n4)c(Sc4ccccc4)c3)c(B)c2B)c2c(B)c(B)c3c(B)c(B)c(B)c(B)c3c2B)c(B)c1B. The Morgan fingerprint density at radius 2 is 0.700 bits per heavy atom. The van der Waals surface area contributed by atoms with Crippen molar-refractivity contribution in [2.75, 3.05) is 4.90 Å². The van der Waals surface area contributed by atoms with Gasteiger partial charge in [0, 0.05) is 43.5 Å². The molecule has 8 aromatic carbocycles. The van der Waals surface area contributed by atoms with Crippen LogP contribution in [-0.2, 0) is 0 Å². The van der Waals surface area contributed by atoms with Gasteiger partial charge in [0.2, 0.25) is 0 Å². The normalized spacial score (nSPS) is 11.3. The highest BCUT2D eigenvalue weighted by atomic mass is 32.2. The van der Waals surface area contributed by atoms with Crippen LogP contribution in [0, 0.1) is 0 Å². The summed E-state index contributed by atoms with van der Waals surface area (Å²) in [5.74, 6) is 0.707. The molecule has 0 aliphatic carbocycles. The molecule has 0 saturated carbocycles. The fourth-order valence-electron chi connectivity index (χ4n) is 11.2. The molecule has 0 spiro atoms. The van der Waals surface area contributed by atoms with E-state index in [1.165, 1.54) is 126 Å². The number of aromatic nitrogens is 2. The van der Waals surface area contributed by atoms with Crippen molar-refractivity contribution in [2.45, 2.75) is 9.79 Å². The number of benzene rings is 8. The average molecular weight is 899 g/mol. The Balaban J connectivity index is 1.31. The summed E-state index contributed by atoms with van der Waals surface area (Å²) in [4.78, 5) is 15.6. The standard InChI is InChI=1S/C50H51B16N3S/c51-31-28(22-16-17-24(27(18-22)70-23-14-8-3-9-15-23)50-67-25(20-10-4-1-5-11-20)19-26(68-50)21-12-6-2-7-13-21)32(52)43(63)48(42(31)62)69(49-45(65)40(60)39(59)41(61)46(49)66)47-36(56)30-29(35(55)44(47)64)33(53)37(57)38(58)34(30)54/h1-19H,51-66H2. The second kappa shape index (κ2) is 19.5. The highest BCUT2D eigenvalue weighted by molar-refractivity contribution is 7.99. The first-order valence-electron chi connectivity index (χ1n) is 24.8. The maximum absolute atomic E-state index is 5.32. The predicted molar refractivity (Wildman–Crippen MR) is 357 cm³/mol. The summed E-state index contributed by atoms with van der Waals surface area (Å²) in [6.07, 6.45) is 0. The number of rotatable bonds is 9. The fraction of sp³-hybridized carbons (Fsp3) is 0. The van der Waals surface area contributed by atoms with E-state index >= 15 is 0 Å².